The van der Waals surface area contributed by atoms with Crippen molar-refractivity contribution in [3.63, 3.8) is 0 Å². The van der Waals surface area contributed by atoms with Crippen molar-refractivity contribution in [3.05, 3.63) is 57.0 Å². The minimum Gasteiger partial charge on any atom is -0.455 e. The van der Waals surface area contributed by atoms with Crippen LogP contribution in [0.4, 0.5) is 0 Å². The van der Waals surface area contributed by atoms with E-state index < -0.39 is 0 Å². The first-order valence-corrected chi connectivity index (χ1v) is 8.09. The molecule has 0 fully saturated rings. The highest BCUT2D eigenvalue weighted by Gasteiger charge is 2.10. The van der Waals surface area contributed by atoms with Crippen LogP contribution in [0.1, 0.15) is 25.0 Å². The van der Waals surface area contributed by atoms with Gasteiger partial charge in [-0.15, -0.1) is 0 Å². The maximum Gasteiger partial charge on any atom is 0.150 e. The molecule has 0 unspecified atom stereocenters. The molecule has 0 bridgehead atoms. The number of rotatable bonds is 5. The van der Waals surface area contributed by atoms with Crippen LogP contribution in [0.3, 0.4) is 0 Å². The molecule has 0 aromatic heterocycles. The average Bonchev–Trinajstić information content (AvgIpc) is 2.43. The van der Waals surface area contributed by atoms with Crippen LogP contribution in [0.2, 0.25) is 5.02 Å². The molecule has 0 amide bonds. The molecule has 0 atom stereocenters. The van der Waals surface area contributed by atoms with E-state index in [9.17, 15) is 0 Å². The summed E-state index contributed by atoms with van der Waals surface area (Å²) >= 11 is 9.80. The lowest BCUT2D eigenvalue weighted by atomic mass is 10.2. The Bertz CT molecular complexity index is 628. The van der Waals surface area contributed by atoms with Crippen molar-refractivity contribution in [1.82, 2.24) is 5.32 Å². The van der Waals surface area contributed by atoms with Gasteiger partial charge in [0.1, 0.15) is 11.5 Å². The maximum atomic E-state index is 6.30. The molecule has 2 aromatic carbocycles. The molecule has 0 spiro atoms. The number of halogens is 2. The Hall–Kier alpha value is -1.03. The Kier molecular flexibility index (Phi) is 5.68. The molecular formula is C17H19BrClNO. The number of para-hydroxylation sites is 1. The fraction of sp³-hybridized carbons (Fsp3) is 0.294. The molecule has 2 aromatic rings. The summed E-state index contributed by atoms with van der Waals surface area (Å²) in [5.74, 6) is 1.50. The molecule has 0 radical (unpaired) electrons. The highest BCUT2D eigenvalue weighted by molar-refractivity contribution is 9.10. The molecule has 0 aliphatic heterocycles. The first-order valence-electron chi connectivity index (χ1n) is 6.92. The van der Waals surface area contributed by atoms with Gasteiger partial charge in [0.2, 0.25) is 0 Å². The molecule has 2 nitrogen and oxygen atoms in total. The quantitative estimate of drug-likeness (QED) is 0.730. The molecule has 1 N–H and O–H groups in total. The fourth-order valence-corrected chi connectivity index (χ4v) is 2.40. The normalized spacial score (nSPS) is 11.0. The van der Waals surface area contributed by atoms with Gasteiger partial charge >= 0.3 is 0 Å². The van der Waals surface area contributed by atoms with E-state index in [1.54, 1.807) is 0 Å². The van der Waals surface area contributed by atoms with Crippen LogP contribution in [-0.2, 0) is 6.54 Å². The lowest BCUT2D eigenvalue weighted by Gasteiger charge is -2.15. The zero-order chi connectivity index (χ0) is 15.4. The summed E-state index contributed by atoms with van der Waals surface area (Å²) in [5.41, 5.74) is 2.18. The van der Waals surface area contributed by atoms with Gasteiger partial charge in [-0.1, -0.05) is 53.5 Å². The highest BCUT2D eigenvalue weighted by atomic mass is 79.9. The first kappa shape index (κ1) is 16.3. The second-order valence-corrected chi connectivity index (χ2v) is 6.54. The van der Waals surface area contributed by atoms with Crippen molar-refractivity contribution in [1.29, 1.82) is 0 Å². The SMILES string of the molecule is Cc1cc(Oc2c(Cl)cccc2CNC(C)C)ccc1Br. The summed E-state index contributed by atoms with van der Waals surface area (Å²) in [7, 11) is 0. The third-order valence-electron chi connectivity index (χ3n) is 3.10. The van der Waals surface area contributed by atoms with Gasteiger partial charge < -0.3 is 10.1 Å². The fourth-order valence-electron chi connectivity index (χ4n) is 1.92. The van der Waals surface area contributed by atoms with Crippen LogP contribution in [0.25, 0.3) is 0 Å². The minimum absolute atomic E-state index is 0.409. The average molecular weight is 369 g/mol. The monoisotopic (exact) mass is 367 g/mol. The number of hydrogen-bond donors (Lipinski definition) is 1. The number of aryl methyl sites for hydroxylation is 1. The molecular weight excluding hydrogens is 350 g/mol. The van der Waals surface area contributed by atoms with Crippen molar-refractivity contribution in [3.8, 4) is 11.5 Å². The van der Waals surface area contributed by atoms with Crippen LogP contribution in [-0.4, -0.2) is 6.04 Å². The summed E-state index contributed by atoms with van der Waals surface area (Å²) in [6, 6.07) is 12.1. The number of nitrogens with one attached hydrogen (secondary N) is 1. The second-order valence-electron chi connectivity index (χ2n) is 5.28. The van der Waals surface area contributed by atoms with Crippen molar-refractivity contribution >= 4 is 27.5 Å². The maximum absolute atomic E-state index is 6.30. The summed E-state index contributed by atoms with van der Waals surface area (Å²) in [4.78, 5) is 0. The molecule has 0 aliphatic rings. The third-order valence-corrected chi connectivity index (χ3v) is 4.29. The first-order chi connectivity index (χ1) is 9.97. The van der Waals surface area contributed by atoms with Crippen LogP contribution in [0, 0.1) is 6.92 Å². The Morgan fingerprint density at radius 1 is 1.24 bits per heavy atom. The molecule has 0 heterocycles. The Balaban J connectivity index is 2.27. The predicted octanol–water partition coefficient (Wildman–Crippen LogP) is 5.70. The van der Waals surface area contributed by atoms with Gasteiger partial charge in [-0.2, -0.15) is 0 Å². The minimum atomic E-state index is 0.409. The Morgan fingerprint density at radius 2 is 2.00 bits per heavy atom. The van der Waals surface area contributed by atoms with Crippen LogP contribution in [0.15, 0.2) is 40.9 Å². The predicted molar refractivity (Wildman–Crippen MR) is 92.4 cm³/mol. The van der Waals surface area contributed by atoms with Crippen LogP contribution < -0.4 is 10.1 Å². The highest BCUT2D eigenvalue weighted by Crippen LogP contribution is 2.34. The largest absolute Gasteiger partial charge is 0.455 e. The molecule has 112 valence electrons. The smallest absolute Gasteiger partial charge is 0.150 e. The van der Waals surface area contributed by atoms with Gasteiger partial charge in [-0.25, -0.2) is 0 Å². The van der Waals surface area contributed by atoms with Gasteiger partial charge in [0.05, 0.1) is 5.02 Å². The molecule has 0 aliphatic carbocycles. The van der Waals surface area contributed by atoms with Gasteiger partial charge in [0.25, 0.3) is 0 Å². The van der Waals surface area contributed by atoms with Gasteiger partial charge in [0, 0.05) is 22.6 Å². The zero-order valence-corrected chi connectivity index (χ0v) is 14.8. The van der Waals surface area contributed by atoms with E-state index in [2.05, 4.69) is 35.1 Å². The molecule has 4 heteroatoms. The Labute approximate surface area is 139 Å². The lowest BCUT2D eigenvalue weighted by Crippen LogP contribution is -2.22. The van der Waals surface area contributed by atoms with Gasteiger partial charge in [-0.05, 0) is 36.8 Å². The molecule has 0 saturated heterocycles. The summed E-state index contributed by atoms with van der Waals surface area (Å²) in [5, 5.41) is 4.01. The van der Waals surface area contributed by atoms with Crippen LogP contribution in [0.5, 0.6) is 11.5 Å². The van der Waals surface area contributed by atoms with E-state index in [1.165, 1.54) is 0 Å². The van der Waals surface area contributed by atoms with Crippen molar-refractivity contribution in [2.75, 3.05) is 0 Å². The summed E-state index contributed by atoms with van der Waals surface area (Å²) in [6.45, 7) is 6.99. The Morgan fingerprint density at radius 3 is 2.67 bits per heavy atom. The third kappa shape index (κ3) is 4.47. The van der Waals surface area contributed by atoms with Gasteiger partial charge in [-0.3, -0.25) is 0 Å². The van der Waals surface area contributed by atoms with Crippen LogP contribution >= 0.6 is 27.5 Å². The lowest BCUT2D eigenvalue weighted by molar-refractivity contribution is 0.469. The summed E-state index contributed by atoms with van der Waals surface area (Å²) < 4.78 is 7.08. The standard InChI is InChI=1S/C17H19BrClNO/c1-11(2)20-10-13-5-4-6-16(19)17(13)21-14-7-8-15(18)12(3)9-14/h4-9,11,20H,10H2,1-3H3. The molecule has 0 saturated carbocycles. The van der Waals surface area contributed by atoms with Crippen molar-refractivity contribution < 1.29 is 4.74 Å². The van der Waals surface area contributed by atoms with E-state index in [4.69, 9.17) is 16.3 Å². The van der Waals surface area contributed by atoms with Crippen molar-refractivity contribution in [2.45, 2.75) is 33.4 Å². The van der Waals surface area contributed by atoms with E-state index in [-0.39, 0.29) is 0 Å². The number of benzene rings is 2. The van der Waals surface area contributed by atoms with E-state index in [0.717, 1.165) is 27.9 Å². The van der Waals surface area contributed by atoms with Crippen molar-refractivity contribution in [2.24, 2.45) is 0 Å². The number of ether oxygens (including phenoxy) is 1. The van der Waals surface area contributed by atoms with Gasteiger partial charge in [0.15, 0.2) is 0 Å². The van der Waals surface area contributed by atoms with E-state index in [0.29, 0.717) is 16.8 Å². The second kappa shape index (κ2) is 7.30. The number of hydrogen-bond acceptors (Lipinski definition) is 2. The topological polar surface area (TPSA) is 21.3 Å². The zero-order valence-electron chi connectivity index (χ0n) is 12.4. The molecule has 2 rings (SSSR count). The summed E-state index contributed by atoms with van der Waals surface area (Å²) in [6.07, 6.45) is 0. The molecule has 21 heavy (non-hydrogen) atoms. The van der Waals surface area contributed by atoms with E-state index >= 15 is 0 Å². The van der Waals surface area contributed by atoms with E-state index in [1.807, 2.05) is 43.3 Å².